The maximum atomic E-state index is 12.8. The van der Waals surface area contributed by atoms with E-state index in [2.05, 4.69) is 19.9 Å². The Labute approximate surface area is 138 Å². The fraction of sp³-hybridized carbons (Fsp3) is 0.650. The molecule has 126 valence electrons. The van der Waals surface area contributed by atoms with Gasteiger partial charge in [0.05, 0.1) is 5.56 Å². The molecule has 0 aliphatic heterocycles. The Hall–Kier alpha value is -1.35. The van der Waals surface area contributed by atoms with E-state index in [9.17, 15) is 15.0 Å². The lowest BCUT2D eigenvalue weighted by atomic mass is 9.49. The van der Waals surface area contributed by atoms with Crippen LogP contribution in [0.3, 0.4) is 0 Å². The monoisotopic (exact) mass is 316 g/mol. The largest absolute Gasteiger partial charge is 0.507 e. The number of benzene rings is 1. The number of rotatable bonds is 2. The predicted molar refractivity (Wildman–Crippen MR) is 91.0 cm³/mol. The molecule has 3 heteroatoms. The van der Waals surface area contributed by atoms with E-state index >= 15 is 0 Å². The zero-order valence-electron chi connectivity index (χ0n) is 14.6. The number of carbonyl (C=O) groups is 1. The van der Waals surface area contributed by atoms with Crippen molar-refractivity contribution in [3.05, 3.63) is 28.8 Å². The van der Waals surface area contributed by atoms with Crippen molar-refractivity contribution in [2.75, 3.05) is 6.61 Å². The van der Waals surface area contributed by atoms with Crippen molar-refractivity contribution in [2.24, 2.45) is 11.3 Å². The number of ketones is 1. The van der Waals surface area contributed by atoms with Crippen LogP contribution >= 0.6 is 0 Å². The molecule has 2 aliphatic carbocycles. The summed E-state index contributed by atoms with van der Waals surface area (Å²) in [4.78, 5) is 12.8. The number of Topliss-reactive ketones (excluding diaryl/α,β-unsaturated/α-hetero) is 1. The lowest BCUT2D eigenvalue weighted by molar-refractivity contribution is -0.0143. The SMILES string of the molecule is CC(C)c1ccc2c(c1O)C(=O)CC1C(C)(CO)CCCC21C. The van der Waals surface area contributed by atoms with E-state index < -0.39 is 0 Å². The summed E-state index contributed by atoms with van der Waals surface area (Å²) in [6.45, 7) is 8.50. The minimum Gasteiger partial charge on any atom is -0.507 e. The topological polar surface area (TPSA) is 57.5 Å². The molecule has 2 N–H and O–H groups in total. The molecule has 0 heterocycles. The Morgan fingerprint density at radius 1 is 1.26 bits per heavy atom. The first-order valence-corrected chi connectivity index (χ1v) is 8.75. The van der Waals surface area contributed by atoms with E-state index in [0.29, 0.717) is 12.0 Å². The summed E-state index contributed by atoms with van der Waals surface area (Å²) in [5, 5.41) is 20.6. The van der Waals surface area contributed by atoms with Gasteiger partial charge >= 0.3 is 0 Å². The van der Waals surface area contributed by atoms with Crippen molar-refractivity contribution in [2.45, 2.75) is 64.7 Å². The molecule has 2 aliphatic rings. The summed E-state index contributed by atoms with van der Waals surface area (Å²) in [7, 11) is 0. The standard InChI is InChI=1S/C20H28O3/c1-12(2)13-6-7-14-17(18(13)23)15(22)10-16-19(3,11-21)8-5-9-20(14,16)4/h6-7,12,16,21,23H,5,8-11H2,1-4H3. The first kappa shape index (κ1) is 16.5. The Morgan fingerprint density at radius 3 is 2.57 bits per heavy atom. The van der Waals surface area contributed by atoms with Crippen molar-refractivity contribution >= 4 is 5.78 Å². The molecule has 23 heavy (non-hydrogen) atoms. The summed E-state index contributed by atoms with van der Waals surface area (Å²) in [6, 6.07) is 4.03. The summed E-state index contributed by atoms with van der Waals surface area (Å²) in [6.07, 6.45) is 3.44. The van der Waals surface area contributed by atoms with Crippen molar-refractivity contribution in [1.29, 1.82) is 0 Å². The lowest BCUT2D eigenvalue weighted by Gasteiger charge is -2.54. The van der Waals surface area contributed by atoms with Crippen molar-refractivity contribution in [1.82, 2.24) is 0 Å². The Bertz CT molecular complexity index is 649. The number of aliphatic hydroxyl groups is 1. The highest BCUT2D eigenvalue weighted by Crippen LogP contribution is 2.58. The number of hydrogen-bond donors (Lipinski definition) is 2. The van der Waals surface area contributed by atoms with E-state index in [1.165, 1.54) is 0 Å². The molecule has 3 nitrogen and oxygen atoms in total. The molecule has 3 unspecified atom stereocenters. The van der Waals surface area contributed by atoms with Crippen molar-refractivity contribution < 1.29 is 15.0 Å². The Kier molecular flexibility index (Phi) is 3.83. The smallest absolute Gasteiger partial charge is 0.167 e. The highest BCUT2D eigenvalue weighted by molar-refractivity contribution is 6.02. The summed E-state index contributed by atoms with van der Waals surface area (Å²) in [5.41, 5.74) is 2.01. The van der Waals surface area contributed by atoms with Crippen LogP contribution < -0.4 is 0 Å². The van der Waals surface area contributed by atoms with Crippen molar-refractivity contribution in [3.63, 3.8) is 0 Å². The average molecular weight is 316 g/mol. The highest BCUT2D eigenvalue weighted by Gasteiger charge is 2.54. The molecule has 1 aromatic rings. The number of aromatic hydroxyl groups is 1. The van der Waals surface area contributed by atoms with Crippen LogP contribution in [-0.2, 0) is 5.41 Å². The molecule has 3 rings (SSSR count). The van der Waals surface area contributed by atoms with Gasteiger partial charge in [0.25, 0.3) is 0 Å². The normalized spacial score (nSPS) is 33.5. The quantitative estimate of drug-likeness (QED) is 0.861. The predicted octanol–water partition coefficient (Wildman–Crippen LogP) is 4.16. The summed E-state index contributed by atoms with van der Waals surface area (Å²) < 4.78 is 0. The van der Waals surface area contributed by atoms with Gasteiger partial charge in [-0.15, -0.1) is 0 Å². The molecular weight excluding hydrogens is 288 g/mol. The molecule has 3 atom stereocenters. The van der Waals surface area contributed by atoms with Gasteiger partial charge in [-0.2, -0.15) is 0 Å². The van der Waals surface area contributed by atoms with Crippen LogP contribution in [0.2, 0.25) is 0 Å². The van der Waals surface area contributed by atoms with Crippen molar-refractivity contribution in [3.8, 4) is 5.75 Å². The van der Waals surface area contributed by atoms with Crippen LogP contribution in [0.25, 0.3) is 0 Å². The number of phenolic OH excluding ortho intramolecular Hbond substituents is 1. The third-order valence-electron chi connectivity index (χ3n) is 6.53. The Balaban J connectivity index is 2.20. The first-order chi connectivity index (χ1) is 10.7. The van der Waals surface area contributed by atoms with Crippen LogP contribution in [0.4, 0.5) is 0 Å². The molecule has 0 spiro atoms. The third kappa shape index (κ3) is 2.24. The maximum absolute atomic E-state index is 12.8. The minimum absolute atomic E-state index is 0.0315. The van der Waals surface area contributed by atoms with Gasteiger partial charge in [-0.25, -0.2) is 0 Å². The molecule has 0 bridgehead atoms. The van der Waals surface area contributed by atoms with Gasteiger partial charge in [0.1, 0.15) is 5.75 Å². The van der Waals surface area contributed by atoms with Gasteiger partial charge in [-0.05, 0) is 46.6 Å². The van der Waals surface area contributed by atoms with Gasteiger partial charge < -0.3 is 10.2 Å². The van der Waals surface area contributed by atoms with E-state index in [0.717, 1.165) is 30.4 Å². The highest BCUT2D eigenvalue weighted by atomic mass is 16.3. The van der Waals surface area contributed by atoms with Crippen LogP contribution in [0, 0.1) is 11.3 Å². The van der Waals surface area contributed by atoms with Gasteiger partial charge in [-0.1, -0.05) is 46.2 Å². The van der Waals surface area contributed by atoms with Crippen LogP contribution in [0.5, 0.6) is 5.75 Å². The summed E-state index contributed by atoms with van der Waals surface area (Å²) in [5.74, 6) is 0.535. The number of fused-ring (bicyclic) bond motifs is 3. The van der Waals surface area contributed by atoms with Gasteiger partial charge in [0.2, 0.25) is 0 Å². The number of hydrogen-bond acceptors (Lipinski definition) is 3. The molecule has 0 saturated heterocycles. The zero-order chi connectivity index (χ0) is 17.0. The van der Waals surface area contributed by atoms with Gasteiger partial charge in [-0.3, -0.25) is 4.79 Å². The molecule has 0 amide bonds. The minimum atomic E-state index is -0.216. The number of phenols is 1. The van der Waals surface area contributed by atoms with Gasteiger partial charge in [0, 0.05) is 13.0 Å². The second-order valence-corrected chi connectivity index (χ2v) is 8.34. The second kappa shape index (κ2) is 5.34. The molecular formula is C20H28O3. The summed E-state index contributed by atoms with van der Waals surface area (Å²) >= 11 is 0. The van der Waals surface area contributed by atoms with Crippen LogP contribution in [0.1, 0.15) is 80.8 Å². The Morgan fingerprint density at radius 2 is 1.96 bits per heavy atom. The van der Waals surface area contributed by atoms with E-state index in [1.807, 2.05) is 19.9 Å². The third-order valence-corrected chi connectivity index (χ3v) is 6.53. The van der Waals surface area contributed by atoms with E-state index in [4.69, 9.17) is 0 Å². The number of carbonyl (C=O) groups excluding carboxylic acids is 1. The van der Waals surface area contributed by atoms with Crippen LogP contribution in [0.15, 0.2) is 12.1 Å². The maximum Gasteiger partial charge on any atom is 0.167 e. The van der Waals surface area contributed by atoms with Crippen LogP contribution in [-0.4, -0.2) is 22.6 Å². The van der Waals surface area contributed by atoms with E-state index in [-0.39, 0.29) is 40.8 Å². The van der Waals surface area contributed by atoms with Gasteiger partial charge in [0.15, 0.2) is 5.78 Å². The lowest BCUT2D eigenvalue weighted by Crippen LogP contribution is -2.51. The fourth-order valence-corrected chi connectivity index (χ4v) is 5.08. The number of aliphatic hydroxyl groups excluding tert-OH is 1. The zero-order valence-corrected chi connectivity index (χ0v) is 14.6. The average Bonchev–Trinajstić information content (AvgIpc) is 2.49. The molecule has 1 aromatic carbocycles. The molecule has 0 aromatic heterocycles. The second-order valence-electron chi connectivity index (χ2n) is 8.34. The van der Waals surface area contributed by atoms with E-state index in [1.54, 1.807) is 0 Å². The fourth-order valence-electron chi connectivity index (χ4n) is 5.08. The molecule has 1 saturated carbocycles. The molecule has 1 fully saturated rings. The first-order valence-electron chi connectivity index (χ1n) is 8.75. The molecule has 0 radical (unpaired) electrons.